The maximum atomic E-state index is 15.5. The van der Waals surface area contributed by atoms with E-state index in [1.807, 2.05) is 0 Å². The van der Waals surface area contributed by atoms with Crippen LogP contribution in [0, 0.1) is 41.2 Å². The third kappa shape index (κ3) is 6.81. The summed E-state index contributed by atoms with van der Waals surface area (Å²) >= 11 is 0. The van der Waals surface area contributed by atoms with Crippen molar-refractivity contribution in [2.45, 2.75) is 141 Å². The Labute approximate surface area is 230 Å². The normalized spacial score (nSPS) is 32.3. The Bertz CT molecular complexity index is 888. The standard InChI is InChI=1S/C34H52F2O2/c1-3-5-7-25-8-10-26(11-9-25)14-17-29-18-19-30(32(36)31(29)35)34(33(37)38)22-20-28(21-23-34)27-15-12-24(6-4-2)13-16-27/h18-19,24-28H,3-17,20-23H2,1-2H3,(H,37,38). The Balaban J connectivity index is 1.35. The van der Waals surface area contributed by atoms with Gasteiger partial charge in [-0.1, -0.05) is 96.6 Å². The van der Waals surface area contributed by atoms with Crippen LogP contribution in [-0.4, -0.2) is 11.1 Å². The van der Waals surface area contributed by atoms with E-state index in [2.05, 4.69) is 13.8 Å². The van der Waals surface area contributed by atoms with Crippen molar-refractivity contribution in [1.29, 1.82) is 0 Å². The van der Waals surface area contributed by atoms with Crippen molar-refractivity contribution < 1.29 is 18.7 Å². The summed E-state index contributed by atoms with van der Waals surface area (Å²) in [5, 5.41) is 10.3. The van der Waals surface area contributed by atoms with Gasteiger partial charge in [0, 0.05) is 5.56 Å². The second kappa shape index (κ2) is 13.8. The topological polar surface area (TPSA) is 37.3 Å². The van der Waals surface area contributed by atoms with E-state index in [4.69, 9.17) is 0 Å². The third-order valence-electron chi connectivity index (χ3n) is 11.0. The van der Waals surface area contributed by atoms with E-state index < -0.39 is 23.0 Å². The van der Waals surface area contributed by atoms with Gasteiger partial charge in [-0.25, -0.2) is 8.78 Å². The van der Waals surface area contributed by atoms with Crippen molar-refractivity contribution >= 4 is 5.97 Å². The number of hydrogen-bond acceptors (Lipinski definition) is 1. The van der Waals surface area contributed by atoms with E-state index in [0.29, 0.717) is 42.6 Å². The summed E-state index contributed by atoms with van der Waals surface area (Å²) in [6, 6.07) is 3.30. The first-order chi connectivity index (χ1) is 18.4. The zero-order valence-corrected chi connectivity index (χ0v) is 24.1. The molecule has 1 aromatic carbocycles. The molecule has 0 unspecified atom stereocenters. The molecule has 3 aliphatic rings. The summed E-state index contributed by atoms with van der Waals surface area (Å²) in [7, 11) is 0. The predicted octanol–water partition coefficient (Wildman–Crippen LogP) is 10.0. The molecule has 0 aliphatic heterocycles. The number of hydrogen-bond donors (Lipinski definition) is 1. The maximum absolute atomic E-state index is 15.5. The average Bonchev–Trinajstić information content (AvgIpc) is 2.94. The molecule has 1 N–H and O–H groups in total. The van der Waals surface area contributed by atoms with Crippen molar-refractivity contribution in [3.05, 3.63) is 34.9 Å². The molecule has 3 aliphatic carbocycles. The lowest BCUT2D eigenvalue weighted by atomic mass is 9.62. The molecule has 0 aromatic heterocycles. The molecule has 0 atom stereocenters. The van der Waals surface area contributed by atoms with Gasteiger partial charge in [0.1, 0.15) is 0 Å². The van der Waals surface area contributed by atoms with E-state index in [9.17, 15) is 9.90 Å². The van der Waals surface area contributed by atoms with Crippen LogP contribution in [-0.2, 0) is 16.6 Å². The van der Waals surface area contributed by atoms with Gasteiger partial charge in [-0.15, -0.1) is 0 Å². The number of aryl methyl sites for hydroxylation is 1. The van der Waals surface area contributed by atoms with Crippen LogP contribution in [0.4, 0.5) is 8.78 Å². The highest BCUT2D eigenvalue weighted by Crippen LogP contribution is 2.48. The number of benzene rings is 1. The van der Waals surface area contributed by atoms with Crippen molar-refractivity contribution in [2.75, 3.05) is 0 Å². The Morgan fingerprint density at radius 3 is 1.89 bits per heavy atom. The number of halogens is 2. The van der Waals surface area contributed by atoms with Crippen LogP contribution >= 0.6 is 0 Å². The number of carbonyl (C=O) groups is 1. The molecule has 0 spiro atoms. The molecule has 0 amide bonds. The SMILES string of the molecule is CCCCC1CCC(CCc2ccc(C3(C(=O)O)CCC(C4CCC(CCC)CC4)CC3)c(F)c2F)CC1. The van der Waals surface area contributed by atoms with Crippen LogP contribution in [0.15, 0.2) is 12.1 Å². The smallest absolute Gasteiger partial charge is 0.314 e. The average molecular weight is 531 g/mol. The molecule has 2 nitrogen and oxygen atoms in total. The Morgan fingerprint density at radius 1 is 0.763 bits per heavy atom. The first-order valence-corrected chi connectivity index (χ1v) is 16.1. The van der Waals surface area contributed by atoms with Crippen LogP contribution in [0.3, 0.4) is 0 Å². The van der Waals surface area contributed by atoms with E-state index in [1.54, 1.807) is 12.1 Å². The molecule has 3 fully saturated rings. The second-order valence-corrected chi connectivity index (χ2v) is 13.3. The lowest BCUT2D eigenvalue weighted by Gasteiger charge is -2.42. The van der Waals surface area contributed by atoms with Crippen molar-refractivity contribution in [3.63, 3.8) is 0 Å². The van der Waals surface area contributed by atoms with E-state index in [-0.39, 0.29) is 5.56 Å². The lowest BCUT2D eigenvalue weighted by molar-refractivity contribution is -0.146. The largest absolute Gasteiger partial charge is 0.481 e. The fraction of sp³-hybridized carbons (Fsp3) is 0.794. The minimum Gasteiger partial charge on any atom is -0.481 e. The number of carboxylic acid groups (broad SMARTS) is 1. The summed E-state index contributed by atoms with van der Waals surface area (Å²) in [6.45, 7) is 4.50. The zero-order valence-electron chi connectivity index (χ0n) is 24.1. The first kappa shape index (κ1) is 29.5. The highest BCUT2D eigenvalue weighted by atomic mass is 19.2. The Morgan fingerprint density at radius 2 is 1.32 bits per heavy atom. The number of aliphatic carboxylic acids is 1. The maximum Gasteiger partial charge on any atom is 0.314 e. The molecule has 4 rings (SSSR count). The predicted molar refractivity (Wildman–Crippen MR) is 151 cm³/mol. The summed E-state index contributed by atoms with van der Waals surface area (Å²) in [6.07, 6.45) is 20.3. The fourth-order valence-electron chi connectivity index (χ4n) is 8.37. The van der Waals surface area contributed by atoms with Gasteiger partial charge in [-0.2, -0.15) is 0 Å². The second-order valence-electron chi connectivity index (χ2n) is 13.3. The highest BCUT2D eigenvalue weighted by Gasteiger charge is 2.47. The van der Waals surface area contributed by atoms with Crippen molar-refractivity contribution in [3.8, 4) is 0 Å². The molecule has 4 heteroatoms. The molecule has 1 aromatic rings. The summed E-state index contributed by atoms with van der Waals surface area (Å²) in [4.78, 5) is 12.6. The van der Waals surface area contributed by atoms with Crippen LogP contribution in [0.5, 0.6) is 0 Å². The Kier molecular flexibility index (Phi) is 10.7. The summed E-state index contributed by atoms with van der Waals surface area (Å²) in [5.74, 6) is 0.770. The number of carboxylic acids is 1. The summed E-state index contributed by atoms with van der Waals surface area (Å²) < 4.78 is 30.8. The Hall–Kier alpha value is -1.45. The molecule has 0 bridgehead atoms. The molecule has 214 valence electrons. The first-order valence-electron chi connectivity index (χ1n) is 16.1. The minimum absolute atomic E-state index is 0.0767. The van der Waals surface area contributed by atoms with Crippen LogP contribution in [0.1, 0.15) is 141 Å². The minimum atomic E-state index is -1.30. The monoisotopic (exact) mass is 530 g/mol. The van der Waals surface area contributed by atoms with Gasteiger partial charge in [0.25, 0.3) is 0 Å². The number of rotatable bonds is 11. The number of unbranched alkanes of at least 4 members (excludes halogenated alkanes) is 1. The molecular weight excluding hydrogens is 478 g/mol. The van der Waals surface area contributed by atoms with Gasteiger partial charge < -0.3 is 5.11 Å². The van der Waals surface area contributed by atoms with E-state index >= 15 is 8.78 Å². The van der Waals surface area contributed by atoms with Gasteiger partial charge in [0.2, 0.25) is 0 Å². The van der Waals surface area contributed by atoms with Crippen molar-refractivity contribution in [1.82, 2.24) is 0 Å². The quantitative estimate of drug-likeness (QED) is 0.309. The molecule has 3 saturated carbocycles. The fourth-order valence-corrected chi connectivity index (χ4v) is 8.37. The molecule has 38 heavy (non-hydrogen) atoms. The molecule has 0 radical (unpaired) electrons. The van der Waals surface area contributed by atoms with Gasteiger partial charge in [0.05, 0.1) is 5.41 Å². The van der Waals surface area contributed by atoms with Gasteiger partial charge in [-0.3, -0.25) is 4.79 Å². The third-order valence-corrected chi connectivity index (χ3v) is 11.0. The van der Waals surface area contributed by atoms with Crippen LogP contribution in [0.2, 0.25) is 0 Å². The summed E-state index contributed by atoms with van der Waals surface area (Å²) in [5.41, 5.74) is -0.804. The van der Waals surface area contributed by atoms with Gasteiger partial charge in [-0.05, 0) is 86.5 Å². The molecular formula is C34H52F2O2. The highest BCUT2D eigenvalue weighted by molar-refractivity contribution is 5.81. The van der Waals surface area contributed by atoms with Crippen molar-refractivity contribution in [2.24, 2.45) is 29.6 Å². The van der Waals surface area contributed by atoms with Crippen LogP contribution in [0.25, 0.3) is 0 Å². The lowest BCUT2D eigenvalue weighted by Crippen LogP contribution is -2.42. The van der Waals surface area contributed by atoms with Gasteiger partial charge in [0.15, 0.2) is 11.6 Å². The van der Waals surface area contributed by atoms with E-state index in [1.165, 1.54) is 83.5 Å². The van der Waals surface area contributed by atoms with Gasteiger partial charge >= 0.3 is 5.97 Å². The zero-order chi connectivity index (χ0) is 27.1. The molecule has 0 saturated heterocycles. The van der Waals surface area contributed by atoms with E-state index in [0.717, 1.165) is 31.1 Å². The van der Waals surface area contributed by atoms with Crippen LogP contribution < -0.4 is 0 Å². The molecule has 0 heterocycles.